The number of hydrogen-bond donors (Lipinski definition) is 0. The Morgan fingerprint density at radius 3 is 2.76 bits per heavy atom. The van der Waals surface area contributed by atoms with Crippen LogP contribution in [0.2, 0.25) is 0 Å². The summed E-state index contributed by atoms with van der Waals surface area (Å²) in [6, 6.07) is 8.26. The van der Waals surface area contributed by atoms with Crippen molar-refractivity contribution in [1.82, 2.24) is 4.90 Å². The van der Waals surface area contributed by atoms with Crippen LogP contribution in [-0.4, -0.2) is 10.9 Å². The molecule has 0 radical (unpaired) electrons. The molecule has 0 aromatic heterocycles. The van der Waals surface area contributed by atoms with Crippen molar-refractivity contribution in [2.75, 3.05) is 0 Å². The van der Waals surface area contributed by atoms with Gasteiger partial charge in [0, 0.05) is 12.2 Å². The summed E-state index contributed by atoms with van der Waals surface area (Å²) in [5, 5.41) is 0. The van der Waals surface area contributed by atoms with Gasteiger partial charge in [0.05, 0.1) is 6.04 Å². The lowest BCUT2D eigenvalue weighted by atomic mass is 9.81. The van der Waals surface area contributed by atoms with Gasteiger partial charge in [0.2, 0.25) is 0 Å². The van der Waals surface area contributed by atoms with Gasteiger partial charge in [-0.25, -0.2) is 0 Å². The lowest BCUT2D eigenvalue weighted by Crippen LogP contribution is -2.40. The summed E-state index contributed by atoms with van der Waals surface area (Å²) in [4.78, 5) is 2.58. The molecule has 0 aliphatic carbocycles. The van der Waals surface area contributed by atoms with Gasteiger partial charge in [-0.15, -0.1) is 0 Å². The predicted octanol–water partition coefficient (Wildman–Crippen LogP) is 5.18. The molecule has 0 fully saturated rings. The molecule has 2 aliphatic rings. The van der Waals surface area contributed by atoms with E-state index in [2.05, 4.69) is 56.6 Å². The van der Waals surface area contributed by atoms with E-state index in [0.717, 1.165) is 12.8 Å². The van der Waals surface area contributed by atoms with Gasteiger partial charge in [-0.3, -0.25) is 0 Å². The first-order valence-electron chi connectivity index (χ1n) is 8.42. The molecule has 1 aromatic rings. The zero-order chi connectivity index (χ0) is 15.0. The van der Waals surface area contributed by atoms with Crippen LogP contribution < -0.4 is 0 Å². The molecule has 2 heterocycles. The quantitative estimate of drug-likeness (QED) is 0.738. The van der Waals surface area contributed by atoms with Crippen LogP contribution in [0.3, 0.4) is 0 Å². The standard InChI is InChI=1S/C20H27N/c1-5-7-16-8-9-19-18(12-16)11-15(4)21-13-17(6-2)14(3)10-20(19)21/h8-9,12-13,15,20H,3,5-7,10-11H2,1-2,4H3. The molecular formula is C20H27N. The van der Waals surface area contributed by atoms with Crippen molar-refractivity contribution in [1.29, 1.82) is 0 Å². The van der Waals surface area contributed by atoms with Gasteiger partial charge in [0.1, 0.15) is 0 Å². The van der Waals surface area contributed by atoms with E-state index in [1.165, 1.54) is 41.5 Å². The Kier molecular flexibility index (Phi) is 3.93. The molecule has 2 aliphatic heterocycles. The Morgan fingerprint density at radius 1 is 1.24 bits per heavy atom. The minimum atomic E-state index is 0.502. The van der Waals surface area contributed by atoms with Crippen LogP contribution >= 0.6 is 0 Å². The normalized spacial score (nSPS) is 24.4. The number of hydrogen-bond acceptors (Lipinski definition) is 1. The first kappa shape index (κ1) is 14.4. The molecule has 0 saturated heterocycles. The number of benzene rings is 1. The maximum Gasteiger partial charge on any atom is 0.0583 e. The average molecular weight is 281 g/mol. The van der Waals surface area contributed by atoms with E-state index < -0.39 is 0 Å². The molecule has 21 heavy (non-hydrogen) atoms. The number of allylic oxidation sites excluding steroid dienone is 1. The molecule has 2 unspecified atom stereocenters. The highest BCUT2D eigenvalue weighted by Crippen LogP contribution is 2.42. The third-order valence-corrected chi connectivity index (χ3v) is 5.07. The number of nitrogens with zero attached hydrogens (tertiary/aromatic N) is 1. The Bertz CT molecular complexity index is 582. The summed E-state index contributed by atoms with van der Waals surface area (Å²) in [6.07, 6.45) is 8.15. The van der Waals surface area contributed by atoms with Gasteiger partial charge in [-0.1, -0.05) is 45.0 Å². The molecule has 0 amide bonds. The fraction of sp³-hybridized carbons (Fsp3) is 0.500. The molecule has 0 N–H and O–H groups in total. The lowest BCUT2D eigenvalue weighted by Gasteiger charge is -2.45. The van der Waals surface area contributed by atoms with E-state index in [-0.39, 0.29) is 0 Å². The lowest BCUT2D eigenvalue weighted by molar-refractivity contribution is 0.186. The van der Waals surface area contributed by atoms with E-state index in [4.69, 9.17) is 0 Å². The Labute approximate surface area is 129 Å². The van der Waals surface area contributed by atoms with Gasteiger partial charge in [-0.2, -0.15) is 0 Å². The highest BCUT2D eigenvalue weighted by atomic mass is 15.2. The molecule has 1 heteroatoms. The van der Waals surface area contributed by atoms with E-state index >= 15 is 0 Å². The number of aryl methyl sites for hydroxylation is 1. The Hall–Kier alpha value is -1.50. The number of rotatable bonds is 3. The van der Waals surface area contributed by atoms with Crippen LogP contribution in [0.4, 0.5) is 0 Å². The number of fused-ring (bicyclic) bond motifs is 3. The molecule has 2 atom stereocenters. The van der Waals surface area contributed by atoms with E-state index in [0.29, 0.717) is 12.1 Å². The van der Waals surface area contributed by atoms with Crippen LogP contribution in [0, 0.1) is 0 Å². The van der Waals surface area contributed by atoms with Crippen LogP contribution in [-0.2, 0) is 12.8 Å². The monoisotopic (exact) mass is 281 g/mol. The molecule has 0 saturated carbocycles. The van der Waals surface area contributed by atoms with Crippen molar-refractivity contribution in [3.63, 3.8) is 0 Å². The van der Waals surface area contributed by atoms with E-state index in [1.54, 1.807) is 5.56 Å². The summed E-state index contributed by atoms with van der Waals surface area (Å²) in [6.45, 7) is 11.2. The molecular weight excluding hydrogens is 254 g/mol. The maximum atomic E-state index is 4.31. The van der Waals surface area contributed by atoms with Crippen molar-refractivity contribution in [2.45, 2.75) is 65.0 Å². The van der Waals surface area contributed by atoms with Gasteiger partial charge in [-0.05, 0) is 60.4 Å². The smallest absolute Gasteiger partial charge is 0.0583 e. The predicted molar refractivity (Wildman–Crippen MR) is 90.3 cm³/mol. The topological polar surface area (TPSA) is 3.24 Å². The van der Waals surface area contributed by atoms with Crippen molar-refractivity contribution in [2.24, 2.45) is 0 Å². The SMILES string of the molecule is C=C1CC2c3ccc(CCC)cc3CC(C)N2C=C1CC. The molecule has 112 valence electrons. The van der Waals surface area contributed by atoms with Crippen molar-refractivity contribution in [3.05, 3.63) is 58.8 Å². The van der Waals surface area contributed by atoms with Crippen molar-refractivity contribution >= 4 is 0 Å². The van der Waals surface area contributed by atoms with E-state index in [1.807, 2.05) is 0 Å². The third-order valence-electron chi connectivity index (χ3n) is 5.07. The van der Waals surface area contributed by atoms with Crippen LogP contribution in [0.15, 0.2) is 42.1 Å². The van der Waals surface area contributed by atoms with Crippen LogP contribution in [0.1, 0.15) is 62.8 Å². The second-order valence-corrected chi connectivity index (χ2v) is 6.61. The molecule has 1 nitrogen and oxygen atoms in total. The van der Waals surface area contributed by atoms with E-state index in [9.17, 15) is 0 Å². The third kappa shape index (κ3) is 2.54. The Balaban J connectivity index is 1.99. The van der Waals surface area contributed by atoms with Gasteiger partial charge >= 0.3 is 0 Å². The van der Waals surface area contributed by atoms with Crippen molar-refractivity contribution in [3.8, 4) is 0 Å². The molecule has 3 rings (SSSR count). The summed E-state index contributed by atoms with van der Waals surface area (Å²) < 4.78 is 0. The first-order chi connectivity index (χ1) is 10.1. The first-order valence-corrected chi connectivity index (χ1v) is 8.42. The van der Waals surface area contributed by atoms with Gasteiger partial charge < -0.3 is 4.90 Å². The fourth-order valence-corrected chi connectivity index (χ4v) is 3.91. The minimum absolute atomic E-state index is 0.502. The second kappa shape index (κ2) is 5.71. The molecule has 1 aromatic carbocycles. The van der Waals surface area contributed by atoms with Gasteiger partial charge in [0.25, 0.3) is 0 Å². The molecule has 0 bridgehead atoms. The largest absolute Gasteiger partial charge is 0.367 e. The van der Waals surface area contributed by atoms with Crippen LogP contribution in [0.25, 0.3) is 0 Å². The molecule has 0 spiro atoms. The zero-order valence-corrected chi connectivity index (χ0v) is 13.7. The summed E-state index contributed by atoms with van der Waals surface area (Å²) in [5.74, 6) is 0. The maximum absolute atomic E-state index is 4.31. The summed E-state index contributed by atoms with van der Waals surface area (Å²) in [7, 11) is 0. The Morgan fingerprint density at radius 2 is 2.05 bits per heavy atom. The zero-order valence-electron chi connectivity index (χ0n) is 13.7. The fourth-order valence-electron chi connectivity index (χ4n) is 3.91. The minimum Gasteiger partial charge on any atom is -0.367 e. The van der Waals surface area contributed by atoms with Crippen molar-refractivity contribution < 1.29 is 0 Å². The summed E-state index contributed by atoms with van der Waals surface area (Å²) in [5.41, 5.74) is 7.35. The summed E-state index contributed by atoms with van der Waals surface area (Å²) >= 11 is 0. The second-order valence-electron chi connectivity index (χ2n) is 6.61. The average Bonchev–Trinajstić information content (AvgIpc) is 2.47. The highest BCUT2D eigenvalue weighted by Gasteiger charge is 2.33. The van der Waals surface area contributed by atoms with Crippen LogP contribution in [0.5, 0.6) is 0 Å². The highest BCUT2D eigenvalue weighted by molar-refractivity contribution is 5.42. The van der Waals surface area contributed by atoms with Gasteiger partial charge in [0.15, 0.2) is 0 Å².